The summed E-state index contributed by atoms with van der Waals surface area (Å²) in [6, 6.07) is 0.348. The second-order valence-electron chi connectivity index (χ2n) is 2.82. The van der Waals surface area contributed by atoms with Crippen LogP contribution in [0.15, 0.2) is 16.9 Å². The van der Waals surface area contributed by atoms with Gasteiger partial charge in [-0.25, -0.2) is 0 Å². The number of halogens is 1. The van der Waals surface area contributed by atoms with E-state index in [-0.39, 0.29) is 0 Å². The van der Waals surface area contributed by atoms with Gasteiger partial charge in [-0.3, -0.25) is 4.68 Å². The first kappa shape index (κ1) is 9.74. The highest BCUT2D eigenvalue weighted by atomic mass is 79.9. The Labute approximate surface area is 81.1 Å². The predicted octanol–water partition coefficient (Wildman–Crippen LogP) is 1.95. The quantitative estimate of drug-likeness (QED) is 0.862. The Morgan fingerprint density at radius 1 is 1.75 bits per heavy atom. The molecule has 0 aromatic carbocycles. The van der Waals surface area contributed by atoms with Gasteiger partial charge in [0, 0.05) is 12.7 Å². The number of aromatic nitrogens is 2. The summed E-state index contributed by atoms with van der Waals surface area (Å²) in [6.45, 7) is 2.81. The van der Waals surface area contributed by atoms with Crippen LogP contribution in [0.25, 0.3) is 0 Å². The van der Waals surface area contributed by atoms with Gasteiger partial charge in [0.25, 0.3) is 0 Å². The molecule has 68 valence electrons. The fourth-order valence-corrected chi connectivity index (χ4v) is 1.51. The smallest absolute Gasteiger partial charge is 0.0641 e. The minimum absolute atomic E-state index is 0.348. The molecular formula is C8H14BrN3. The van der Waals surface area contributed by atoms with E-state index in [2.05, 4.69) is 28.0 Å². The molecule has 12 heavy (non-hydrogen) atoms. The zero-order valence-electron chi connectivity index (χ0n) is 7.20. The van der Waals surface area contributed by atoms with Crippen LogP contribution >= 0.6 is 15.9 Å². The van der Waals surface area contributed by atoms with E-state index in [0.717, 1.165) is 17.3 Å². The molecule has 0 aliphatic rings. The van der Waals surface area contributed by atoms with Crippen LogP contribution in [0.5, 0.6) is 0 Å². The van der Waals surface area contributed by atoms with Gasteiger partial charge in [0.15, 0.2) is 0 Å². The Hall–Kier alpha value is -0.350. The highest BCUT2D eigenvalue weighted by Gasteiger charge is 2.07. The standard InChI is InChI=1S/C8H14BrN3/c1-2-3-8(4-10)12-6-7(9)5-11-12/h5-6,8H,2-4,10H2,1H3. The molecule has 1 aromatic heterocycles. The first-order valence-electron chi connectivity index (χ1n) is 4.17. The average molecular weight is 232 g/mol. The summed E-state index contributed by atoms with van der Waals surface area (Å²) in [4.78, 5) is 0. The van der Waals surface area contributed by atoms with Gasteiger partial charge in [0.1, 0.15) is 0 Å². The lowest BCUT2D eigenvalue weighted by Gasteiger charge is -2.13. The Balaban J connectivity index is 2.66. The predicted molar refractivity (Wildman–Crippen MR) is 52.9 cm³/mol. The molecule has 2 N–H and O–H groups in total. The summed E-state index contributed by atoms with van der Waals surface area (Å²) in [6.07, 6.45) is 5.98. The van der Waals surface area contributed by atoms with E-state index in [0.29, 0.717) is 12.6 Å². The molecular weight excluding hydrogens is 218 g/mol. The van der Waals surface area contributed by atoms with Crippen LogP contribution < -0.4 is 5.73 Å². The van der Waals surface area contributed by atoms with Crippen LogP contribution in [-0.2, 0) is 0 Å². The maximum atomic E-state index is 5.62. The number of nitrogens with two attached hydrogens (primary N) is 1. The lowest BCUT2D eigenvalue weighted by Crippen LogP contribution is -2.19. The van der Waals surface area contributed by atoms with Crippen LogP contribution in [-0.4, -0.2) is 16.3 Å². The zero-order chi connectivity index (χ0) is 8.97. The number of hydrogen-bond acceptors (Lipinski definition) is 2. The maximum Gasteiger partial charge on any atom is 0.0641 e. The van der Waals surface area contributed by atoms with Crippen LogP contribution in [0.1, 0.15) is 25.8 Å². The third kappa shape index (κ3) is 2.32. The van der Waals surface area contributed by atoms with E-state index in [9.17, 15) is 0 Å². The van der Waals surface area contributed by atoms with Gasteiger partial charge in [-0.2, -0.15) is 5.10 Å². The second kappa shape index (κ2) is 4.62. The normalized spacial score (nSPS) is 13.2. The Kier molecular flexibility index (Phi) is 3.75. The lowest BCUT2D eigenvalue weighted by atomic mass is 10.2. The van der Waals surface area contributed by atoms with Gasteiger partial charge < -0.3 is 5.73 Å². The second-order valence-corrected chi connectivity index (χ2v) is 3.73. The zero-order valence-corrected chi connectivity index (χ0v) is 8.79. The van der Waals surface area contributed by atoms with Crippen LogP contribution in [0.4, 0.5) is 0 Å². The van der Waals surface area contributed by atoms with Crippen molar-refractivity contribution in [3.05, 3.63) is 16.9 Å². The number of nitrogens with zero attached hydrogens (tertiary/aromatic N) is 2. The third-order valence-electron chi connectivity index (χ3n) is 1.84. The van der Waals surface area contributed by atoms with Gasteiger partial charge in [0.2, 0.25) is 0 Å². The van der Waals surface area contributed by atoms with Crippen molar-refractivity contribution in [3.63, 3.8) is 0 Å². The molecule has 0 saturated heterocycles. The molecule has 1 aromatic rings. The molecule has 1 heterocycles. The van der Waals surface area contributed by atoms with Crippen molar-refractivity contribution in [1.29, 1.82) is 0 Å². The van der Waals surface area contributed by atoms with Gasteiger partial charge in [-0.05, 0) is 22.4 Å². The molecule has 1 unspecified atom stereocenters. The molecule has 1 rings (SSSR count). The molecule has 0 bridgehead atoms. The van der Waals surface area contributed by atoms with Crippen molar-refractivity contribution >= 4 is 15.9 Å². The molecule has 0 saturated carbocycles. The largest absolute Gasteiger partial charge is 0.328 e. The van der Waals surface area contributed by atoms with E-state index in [4.69, 9.17) is 5.73 Å². The molecule has 0 aliphatic carbocycles. The van der Waals surface area contributed by atoms with E-state index < -0.39 is 0 Å². The lowest BCUT2D eigenvalue weighted by molar-refractivity contribution is 0.429. The number of hydrogen-bond donors (Lipinski definition) is 1. The van der Waals surface area contributed by atoms with Crippen LogP contribution in [0.3, 0.4) is 0 Å². The molecule has 4 heteroatoms. The summed E-state index contributed by atoms with van der Waals surface area (Å²) in [5.41, 5.74) is 5.62. The molecule has 1 atom stereocenters. The van der Waals surface area contributed by atoms with Gasteiger partial charge >= 0.3 is 0 Å². The Morgan fingerprint density at radius 2 is 2.50 bits per heavy atom. The molecule has 3 nitrogen and oxygen atoms in total. The van der Waals surface area contributed by atoms with E-state index in [1.807, 2.05) is 10.9 Å². The summed E-state index contributed by atoms with van der Waals surface area (Å²) in [5.74, 6) is 0. The highest BCUT2D eigenvalue weighted by molar-refractivity contribution is 9.10. The van der Waals surface area contributed by atoms with Gasteiger partial charge in [0.05, 0.1) is 16.7 Å². The van der Waals surface area contributed by atoms with Crippen LogP contribution in [0.2, 0.25) is 0 Å². The molecule has 0 spiro atoms. The Bertz CT molecular complexity index is 234. The molecule has 0 fully saturated rings. The summed E-state index contributed by atoms with van der Waals surface area (Å²) in [5, 5.41) is 4.20. The minimum atomic E-state index is 0.348. The highest BCUT2D eigenvalue weighted by Crippen LogP contribution is 2.14. The van der Waals surface area contributed by atoms with Crippen molar-refractivity contribution < 1.29 is 0 Å². The summed E-state index contributed by atoms with van der Waals surface area (Å²) < 4.78 is 2.94. The maximum absolute atomic E-state index is 5.62. The summed E-state index contributed by atoms with van der Waals surface area (Å²) >= 11 is 3.36. The van der Waals surface area contributed by atoms with E-state index in [1.165, 1.54) is 0 Å². The molecule has 0 amide bonds. The first-order chi connectivity index (χ1) is 5.77. The van der Waals surface area contributed by atoms with Crippen molar-refractivity contribution in [2.75, 3.05) is 6.54 Å². The topological polar surface area (TPSA) is 43.8 Å². The van der Waals surface area contributed by atoms with Gasteiger partial charge in [-0.1, -0.05) is 13.3 Å². The van der Waals surface area contributed by atoms with Crippen molar-refractivity contribution in [2.45, 2.75) is 25.8 Å². The average Bonchev–Trinajstić information content (AvgIpc) is 2.47. The van der Waals surface area contributed by atoms with Crippen molar-refractivity contribution in [3.8, 4) is 0 Å². The van der Waals surface area contributed by atoms with E-state index >= 15 is 0 Å². The fraction of sp³-hybridized carbons (Fsp3) is 0.625. The van der Waals surface area contributed by atoms with E-state index in [1.54, 1.807) is 6.20 Å². The minimum Gasteiger partial charge on any atom is -0.328 e. The van der Waals surface area contributed by atoms with Gasteiger partial charge in [-0.15, -0.1) is 0 Å². The number of rotatable bonds is 4. The van der Waals surface area contributed by atoms with Crippen molar-refractivity contribution in [1.82, 2.24) is 9.78 Å². The SMILES string of the molecule is CCCC(CN)n1cc(Br)cn1. The Morgan fingerprint density at radius 3 is 2.92 bits per heavy atom. The van der Waals surface area contributed by atoms with Crippen molar-refractivity contribution in [2.24, 2.45) is 5.73 Å². The molecule has 0 radical (unpaired) electrons. The summed E-state index contributed by atoms with van der Waals surface area (Å²) in [7, 11) is 0. The fourth-order valence-electron chi connectivity index (χ4n) is 1.21. The molecule has 0 aliphatic heterocycles. The monoisotopic (exact) mass is 231 g/mol. The third-order valence-corrected chi connectivity index (χ3v) is 2.25. The first-order valence-corrected chi connectivity index (χ1v) is 4.97. The van der Waals surface area contributed by atoms with Crippen LogP contribution in [0, 0.1) is 0 Å².